The summed E-state index contributed by atoms with van der Waals surface area (Å²) in [5, 5.41) is 7.54. The second-order valence-electron chi connectivity index (χ2n) is 6.51. The first-order valence-corrected chi connectivity index (χ1v) is 8.00. The van der Waals surface area contributed by atoms with Gasteiger partial charge in [-0.05, 0) is 50.8 Å². The van der Waals surface area contributed by atoms with Crippen molar-refractivity contribution >= 4 is 16.9 Å². The van der Waals surface area contributed by atoms with Gasteiger partial charge in [0.25, 0.3) is 5.91 Å². The Morgan fingerprint density at radius 1 is 1.27 bits per heavy atom. The molecule has 1 saturated heterocycles. The van der Waals surface area contributed by atoms with Gasteiger partial charge in [-0.25, -0.2) is 0 Å². The van der Waals surface area contributed by atoms with Gasteiger partial charge in [0.2, 0.25) is 0 Å². The minimum absolute atomic E-state index is 0.104. The molecule has 0 radical (unpaired) electrons. The highest BCUT2D eigenvalue weighted by Crippen LogP contribution is 2.30. The standard InChI is InChI=1S/C18H24N2O2/c1-10-7-8-19-9-14(10)20-18(21)17-13(4)15-11(2)5-6-12(3)16(15)22-17/h5-6,10,14,19H,7-9H2,1-4H3,(H,20,21). The molecule has 0 saturated carbocycles. The van der Waals surface area contributed by atoms with Crippen LogP contribution in [0.5, 0.6) is 0 Å². The maximum Gasteiger partial charge on any atom is 0.287 e. The number of nitrogens with one attached hydrogen (secondary N) is 2. The van der Waals surface area contributed by atoms with E-state index in [-0.39, 0.29) is 11.9 Å². The van der Waals surface area contributed by atoms with Crippen LogP contribution in [0.15, 0.2) is 16.5 Å². The quantitative estimate of drug-likeness (QED) is 0.896. The molecule has 1 aromatic heterocycles. The number of fused-ring (bicyclic) bond motifs is 1. The zero-order valence-corrected chi connectivity index (χ0v) is 13.7. The number of amides is 1. The first kappa shape index (κ1) is 15.1. The Morgan fingerprint density at radius 3 is 2.68 bits per heavy atom. The second kappa shape index (κ2) is 5.76. The van der Waals surface area contributed by atoms with E-state index < -0.39 is 0 Å². The van der Waals surface area contributed by atoms with Crippen LogP contribution in [0.25, 0.3) is 11.0 Å². The number of carbonyl (C=O) groups is 1. The predicted octanol–water partition coefficient (Wildman–Crippen LogP) is 3.09. The van der Waals surface area contributed by atoms with Gasteiger partial charge in [-0.2, -0.15) is 0 Å². The fourth-order valence-electron chi connectivity index (χ4n) is 3.31. The zero-order chi connectivity index (χ0) is 15.9. The molecule has 0 aliphatic carbocycles. The average Bonchev–Trinajstić information content (AvgIpc) is 2.84. The maximum atomic E-state index is 12.6. The van der Waals surface area contributed by atoms with Gasteiger partial charge in [-0.15, -0.1) is 0 Å². The molecule has 1 amide bonds. The van der Waals surface area contributed by atoms with Gasteiger partial charge in [-0.3, -0.25) is 4.79 Å². The normalized spacial score (nSPS) is 22.0. The van der Waals surface area contributed by atoms with E-state index in [1.807, 2.05) is 19.9 Å². The van der Waals surface area contributed by atoms with Crippen LogP contribution in [0.2, 0.25) is 0 Å². The van der Waals surface area contributed by atoms with Crippen LogP contribution < -0.4 is 10.6 Å². The van der Waals surface area contributed by atoms with Gasteiger partial charge < -0.3 is 15.1 Å². The van der Waals surface area contributed by atoms with Crippen LogP contribution in [0.3, 0.4) is 0 Å². The van der Waals surface area contributed by atoms with Crippen molar-refractivity contribution in [2.75, 3.05) is 13.1 Å². The molecule has 1 aliphatic rings. The fourth-order valence-corrected chi connectivity index (χ4v) is 3.31. The molecule has 22 heavy (non-hydrogen) atoms. The summed E-state index contributed by atoms with van der Waals surface area (Å²) in [6.07, 6.45) is 1.09. The average molecular weight is 300 g/mol. The highest BCUT2D eigenvalue weighted by atomic mass is 16.3. The SMILES string of the molecule is Cc1ccc(C)c2c(C)c(C(=O)NC3CNCCC3C)oc12. The number of hydrogen-bond acceptors (Lipinski definition) is 3. The molecule has 1 aromatic carbocycles. The number of piperidine rings is 1. The zero-order valence-electron chi connectivity index (χ0n) is 13.7. The number of rotatable bonds is 2. The van der Waals surface area contributed by atoms with Crippen LogP contribution in [0.4, 0.5) is 0 Å². The van der Waals surface area contributed by atoms with Crippen molar-refractivity contribution in [3.05, 3.63) is 34.6 Å². The fraction of sp³-hybridized carbons (Fsp3) is 0.500. The van der Waals surface area contributed by atoms with Crippen LogP contribution in [-0.4, -0.2) is 25.0 Å². The van der Waals surface area contributed by atoms with Crippen molar-refractivity contribution < 1.29 is 9.21 Å². The minimum Gasteiger partial charge on any atom is -0.450 e. The Kier molecular flexibility index (Phi) is 3.96. The highest BCUT2D eigenvalue weighted by molar-refractivity contribution is 6.00. The van der Waals surface area contributed by atoms with Gasteiger partial charge in [0.15, 0.2) is 5.76 Å². The van der Waals surface area contributed by atoms with Crippen LogP contribution in [0.1, 0.15) is 40.6 Å². The van der Waals surface area contributed by atoms with E-state index in [0.29, 0.717) is 11.7 Å². The largest absolute Gasteiger partial charge is 0.450 e. The molecule has 2 atom stereocenters. The van der Waals surface area contributed by atoms with Gasteiger partial charge >= 0.3 is 0 Å². The van der Waals surface area contributed by atoms with Gasteiger partial charge in [0, 0.05) is 23.5 Å². The molecule has 4 nitrogen and oxygen atoms in total. The summed E-state index contributed by atoms with van der Waals surface area (Å²) in [6, 6.07) is 4.28. The summed E-state index contributed by atoms with van der Waals surface area (Å²) in [4.78, 5) is 12.6. The molecule has 2 unspecified atom stereocenters. The summed E-state index contributed by atoms with van der Waals surface area (Å²) in [5.41, 5.74) is 3.98. The predicted molar refractivity (Wildman–Crippen MR) is 88.3 cm³/mol. The van der Waals surface area contributed by atoms with Crippen LogP contribution in [0, 0.1) is 26.7 Å². The van der Waals surface area contributed by atoms with Crippen molar-refractivity contribution in [2.45, 2.75) is 40.2 Å². The Labute approximate surface area is 131 Å². The Hall–Kier alpha value is -1.81. The third kappa shape index (κ3) is 2.52. The van der Waals surface area contributed by atoms with Crippen molar-refractivity contribution in [1.82, 2.24) is 10.6 Å². The molecule has 1 aliphatic heterocycles. The molecule has 118 valence electrons. The van der Waals surface area contributed by atoms with E-state index >= 15 is 0 Å². The van der Waals surface area contributed by atoms with Crippen molar-refractivity contribution in [2.24, 2.45) is 5.92 Å². The molecule has 2 N–H and O–H groups in total. The lowest BCUT2D eigenvalue weighted by Crippen LogP contribution is -2.50. The number of furan rings is 1. The molecule has 0 bridgehead atoms. The Balaban J connectivity index is 1.93. The Bertz CT molecular complexity index is 717. The highest BCUT2D eigenvalue weighted by Gasteiger charge is 2.26. The number of carbonyl (C=O) groups excluding carboxylic acids is 1. The monoisotopic (exact) mass is 300 g/mol. The van der Waals surface area contributed by atoms with E-state index in [1.54, 1.807) is 0 Å². The van der Waals surface area contributed by atoms with Gasteiger partial charge in [0.1, 0.15) is 5.58 Å². The van der Waals surface area contributed by atoms with Gasteiger partial charge in [0.05, 0.1) is 0 Å². The third-order valence-corrected chi connectivity index (χ3v) is 4.83. The molecule has 1 fully saturated rings. The van der Waals surface area contributed by atoms with E-state index in [9.17, 15) is 4.79 Å². The summed E-state index contributed by atoms with van der Waals surface area (Å²) in [6.45, 7) is 10.1. The van der Waals surface area contributed by atoms with Crippen molar-refractivity contribution in [3.8, 4) is 0 Å². The Morgan fingerprint density at radius 2 is 2.00 bits per heavy atom. The lowest BCUT2D eigenvalue weighted by Gasteiger charge is -2.29. The van der Waals surface area contributed by atoms with Crippen LogP contribution >= 0.6 is 0 Å². The molecule has 3 rings (SSSR count). The molecular formula is C18H24N2O2. The maximum absolute atomic E-state index is 12.6. The van der Waals surface area contributed by atoms with E-state index in [1.165, 1.54) is 0 Å². The summed E-state index contributed by atoms with van der Waals surface area (Å²) in [5.74, 6) is 0.830. The number of hydrogen-bond donors (Lipinski definition) is 2. The third-order valence-electron chi connectivity index (χ3n) is 4.83. The van der Waals surface area contributed by atoms with Crippen LogP contribution in [-0.2, 0) is 0 Å². The second-order valence-corrected chi connectivity index (χ2v) is 6.51. The topological polar surface area (TPSA) is 54.3 Å². The van der Waals surface area contributed by atoms with E-state index in [4.69, 9.17) is 4.42 Å². The summed E-state index contributed by atoms with van der Waals surface area (Å²) in [7, 11) is 0. The minimum atomic E-state index is -0.104. The van der Waals surface area contributed by atoms with E-state index in [0.717, 1.165) is 47.2 Å². The molecule has 2 heterocycles. The number of benzene rings is 1. The lowest BCUT2D eigenvalue weighted by atomic mass is 9.94. The molecule has 4 heteroatoms. The van der Waals surface area contributed by atoms with Gasteiger partial charge in [-0.1, -0.05) is 19.1 Å². The molecule has 0 spiro atoms. The smallest absolute Gasteiger partial charge is 0.287 e. The summed E-state index contributed by atoms with van der Waals surface area (Å²) >= 11 is 0. The van der Waals surface area contributed by atoms with Crippen molar-refractivity contribution in [1.29, 1.82) is 0 Å². The molecule has 2 aromatic rings. The number of aryl methyl sites for hydroxylation is 3. The molecular weight excluding hydrogens is 276 g/mol. The first-order chi connectivity index (χ1) is 10.5. The lowest BCUT2D eigenvalue weighted by molar-refractivity contribution is 0.0888. The van der Waals surface area contributed by atoms with E-state index in [2.05, 4.69) is 30.5 Å². The van der Waals surface area contributed by atoms with Crippen molar-refractivity contribution in [3.63, 3.8) is 0 Å². The first-order valence-electron chi connectivity index (χ1n) is 8.00. The summed E-state index contributed by atoms with van der Waals surface area (Å²) < 4.78 is 5.92.